The van der Waals surface area contributed by atoms with Crippen LogP contribution in [0.2, 0.25) is 0 Å². The summed E-state index contributed by atoms with van der Waals surface area (Å²) in [6.45, 7) is 2.01. The summed E-state index contributed by atoms with van der Waals surface area (Å²) in [4.78, 5) is 3.77. The molecule has 0 amide bonds. The number of alkyl halides is 3. The summed E-state index contributed by atoms with van der Waals surface area (Å²) in [6, 6.07) is 8.02. The lowest BCUT2D eigenvalue weighted by molar-refractivity contribution is -0.137. The van der Waals surface area contributed by atoms with Crippen LogP contribution in [0.3, 0.4) is 0 Å². The molecule has 0 unspecified atom stereocenters. The Balaban J connectivity index is 0.00000364. The van der Waals surface area contributed by atoms with Gasteiger partial charge in [-0.25, -0.2) is 4.98 Å². The van der Waals surface area contributed by atoms with Crippen molar-refractivity contribution in [3.8, 4) is 11.5 Å². The number of rotatable bonds is 9. The van der Waals surface area contributed by atoms with Gasteiger partial charge >= 0.3 is 6.18 Å². The number of methoxy groups -OCH3 is 2. The minimum atomic E-state index is -4.36. The largest absolute Gasteiger partial charge is 0.497 e. The number of halogens is 4. The van der Waals surface area contributed by atoms with Gasteiger partial charge in [-0.2, -0.15) is 13.2 Å². The first-order chi connectivity index (χ1) is 12.4. The standard InChI is InChI=1S/C18H22F3N3O2.ClH/c1-25-15-8-13(9-16(10-15)26-2)11-22-6-3-7-23-17-5-4-14(12-24-17)18(19,20)21;/h4-5,8-10,12,22H,3,6-7,11H2,1-2H3,(H,23,24);1H. The monoisotopic (exact) mass is 405 g/mol. The molecule has 9 heteroatoms. The van der Waals surface area contributed by atoms with Crippen LogP contribution < -0.4 is 20.1 Å². The molecule has 2 rings (SSSR count). The van der Waals surface area contributed by atoms with Crippen molar-refractivity contribution in [2.24, 2.45) is 0 Å². The zero-order chi connectivity index (χ0) is 19.0. The number of ether oxygens (including phenoxy) is 2. The number of hydrogen-bond acceptors (Lipinski definition) is 5. The van der Waals surface area contributed by atoms with Crippen molar-refractivity contribution in [3.05, 3.63) is 47.7 Å². The third-order valence-electron chi connectivity index (χ3n) is 3.67. The number of hydrogen-bond donors (Lipinski definition) is 2. The molecule has 0 saturated carbocycles. The van der Waals surface area contributed by atoms with E-state index < -0.39 is 11.7 Å². The third-order valence-corrected chi connectivity index (χ3v) is 3.67. The van der Waals surface area contributed by atoms with E-state index in [0.717, 1.165) is 42.3 Å². The molecule has 0 saturated heterocycles. The van der Waals surface area contributed by atoms with Gasteiger partial charge in [-0.15, -0.1) is 12.4 Å². The van der Waals surface area contributed by atoms with E-state index in [9.17, 15) is 13.2 Å². The zero-order valence-corrected chi connectivity index (χ0v) is 15.9. The lowest BCUT2D eigenvalue weighted by atomic mass is 10.2. The second-order valence-electron chi connectivity index (χ2n) is 5.61. The molecule has 0 spiro atoms. The summed E-state index contributed by atoms with van der Waals surface area (Å²) >= 11 is 0. The van der Waals surface area contributed by atoms with E-state index in [1.54, 1.807) is 14.2 Å². The maximum Gasteiger partial charge on any atom is 0.417 e. The van der Waals surface area contributed by atoms with Crippen molar-refractivity contribution in [2.75, 3.05) is 32.6 Å². The Morgan fingerprint density at radius 1 is 1.00 bits per heavy atom. The molecule has 27 heavy (non-hydrogen) atoms. The Labute approximate surface area is 162 Å². The number of anilines is 1. The highest BCUT2D eigenvalue weighted by Crippen LogP contribution is 2.28. The molecule has 2 N–H and O–H groups in total. The molecule has 0 radical (unpaired) electrons. The Bertz CT molecular complexity index is 675. The van der Waals surface area contributed by atoms with Gasteiger partial charge in [0, 0.05) is 25.4 Å². The molecule has 2 aromatic rings. The molecule has 0 atom stereocenters. The highest BCUT2D eigenvalue weighted by Gasteiger charge is 2.30. The maximum atomic E-state index is 12.5. The van der Waals surface area contributed by atoms with Gasteiger partial charge in [-0.3, -0.25) is 0 Å². The molecular weight excluding hydrogens is 383 g/mol. The van der Waals surface area contributed by atoms with Crippen LogP contribution in [0.5, 0.6) is 11.5 Å². The second kappa shape index (κ2) is 10.8. The molecule has 1 heterocycles. The van der Waals surface area contributed by atoms with Gasteiger partial charge in [0.05, 0.1) is 19.8 Å². The molecule has 0 aliphatic carbocycles. The molecule has 5 nitrogen and oxygen atoms in total. The fourth-order valence-corrected chi connectivity index (χ4v) is 2.30. The second-order valence-corrected chi connectivity index (χ2v) is 5.61. The van der Waals surface area contributed by atoms with Crippen molar-refractivity contribution in [2.45, 2.75) is 19.1 Å². The summed E-state index contributed by atoms with van der Waals surface area (Å²) < 4.78 is 47.8. The van der Waals surface area contributed by atoms with Crippen molar-refractivity contribution in [3.63, 3.8) is 0 Å². The molecule has 0 fully saturated rings. The van der Waals surface area contributed by atoms with E-state index in [0.29, 0.717) is 18.9 Å². The van der Waals surface area contributed by atoms with Gasteiger partial charge in [-0.05, 0) is 42.8 Å². The molecule has 1 aromatic heterocycles. The van der Waals surface area contributed by atoms with E-state index in [1.165, 1.54) is 6.07 Å². The predicted octanol–water partition coefficient (Wildman–Crippen LogP) is 4.13. The van der Waals surface area contributed by atoms with E-state index >= 15 is 0 Å². The Hall–Kier alpha value is -2.19. The number of pyridine rings is 1. The van der Waals surface area contributed by atoms with Gasteiger partial charge in [0.15, 0.2) is 0 Å². The molecule has 0 bridgehead atoms. The number of nitrogens with one attached hydrogen (secondary N) is 2. The number of benzene rings is 1. The van der Waals surface area contributed by atoms with Gasteiger partial charge in [-0.1, -0.05) is 0 Å². The fourth-order valence-electron chi connectivity index (χ4n) is 2.30. The molecule has 0 aliphatic rings. The van der Waals surface area contributed by atoms with Crippen LogP contribution in [0.4, 0.5) is 19.0 Å². The quantitative estimate of drug-likeness (QED) is 0.614. The first kappa shape index (κ1) is 22.9. The smallest absolute Gasteiger partial charge is 0.417 e. The average Bonchev–Trinajstić information content (AvgIpc) is 2.63. The predicted molar refractivity (Wildman–Crippen MR) is 101 cm³/mol. The van der Waals surface area contributed by atoms with Crippen molar-refractivity contribution in [1.82, 2.24) is 10.3 Å². The molecule has 150 valence electrons. The van der Waals surface area contributed by atoms with Crippen molar-refractivity contribution >= 4 is 18.2 Å². The van der Waals surface area contributed by atoms with Crippen LogP contribution in [0.25, 0.3) is 0 Å². The minimum absolute atomic E-state index is 0. The summed E-state index contributed by atoms with van der Waals surface area (Å²) in [7, 11) is 3.21. The van der Waals surface area contributed by atoms with Crippen LogP contribution >= 0.6 is 12.4 Å². The highest BCUT2D eigenvalue weighted by molar-refractivity contribution is 5.85. The topological polar surface area (TPSA) is 55.4 Å². The van der Waals surface area contributed by atoms with E-state index in [4.69, 9.17) is 9.47 Å². The third kappa shape index (κ3) is 7.52. The first-order valence-corrected chi connectivity index (χ1v) is 8.12. The minimum Gasteiger partial charge on any atom is -0.497 e. The Morgan fingerprint density at radius 3 is 2.19 bits per heavy atom. The number of nitrogens with zero attached hydrogens (tertiary/aromatic N) is 1. The summed E-state index contributed by atoms with van der Waals surface area (Å²) in [5.41, 5.74) is 0.289. The normalized spacial score (nSPS) is 10.9. The van der Waals surface area contributed by atoms with Crippen LogP contribution in [0.15, 0.2) is 36.5 Å². The fraction of sp³-hybridized carbons (Fsp3) is 0.389. The van der Waals surface area contributed by atoms with Gasteiger partial charge < -0.3 is 20.1 Å². The van der Waals surface area contributed by atoms with Crippen molar-refractivity contribution in [1.29, 1.82) is 0 Å². The average molecular weight is 406 g/mol. The van der Waals surface area contributed by atoms with E-state index in [2.05, 4.69) is 15.6 Å². The van der Waals surface area contributed by atoms with Crippen LogP contribution in [0.1, 0.15) is 17.5 Å². The Morgan fingerprint density at radius 2 is 1.67 bits per heavy atom. The van der Waals surface area contributed by atoms with Gasteiger partial charge in [0.2, 0.25) is 0 Å². The lowest BCUT2D eigenvalue weighted by Gasteiger charge is -2.10. The van der Waals surface area contributed by atoms with Crippen LogP contribution in [-0.2, 0) is 12.7 Å². The number of aromatic nitrogens is 1. The van der Waals surface area contributed by atoms with Gasteiger partial charge in [0.1, 0.15) is 17.3 Å². The van der Waals surface area contributed by atoms with E-state index in [-0.39, 0.29) is 12.4 Å². The molecule has 1 aromatic carbocycles. The maximum absolute atomic E-state index is 12.5. The highest BCUT2D eigenvalue weighted by atomic mass is 35.5. The van der Waals surface area contributed by atoms with Crippen LogP contribution in [-0.4, -0.2) is 32.3 Å². The van der Waals surface area contributed by atoms with E-state index in [1.807, 2.05) is 18.2 Å². The first-order valence-electron chi connectivity index (χ1n) is 8.12. The van der Waals surface area contributed by atoms with Gasteiger partial charge in [0.25, 0.3) is 0 Å². The lowest BCUT2D eigenvalue weighted by Crippen LogP contribution is -2.18. The molecule has 0 aliphatic heterocycles. The SMILES string of the molecule is COc1cc(CNCCCNc2ccc(C(F)(F)F)cn2)cc(OC)c1.Cl. The van der Waals surface area contributed by atoms with Crippen LogP contribution in [0, 0.1) is 0 Å². The summed E-state index contributed by atoms with van der Waals surface area (Å²) in [6.07, 6.45) is -2.74. The summed E-state index contributed by atoms with van der Waals surface area (Å²) in [5, 5.41) is 6.30. The van der Waals surface area contributed by atoms with Crippen molar-refractivity contribution < 1.29 is 22.6 Å². The Kier molecular flexibility index (Phi) is 9.17. The molecular formula is C18H23ClF3N3O2. The zero-order valence-electron chi connectivity index (χ0n) is 15.1. The summed E-state index contributed by atoms with van der Waals surface area (Å²) in [5.74, 6) is 1.89.